The van der Waals surface area contributed by atoms with Crippen molar-refractivity contribution in [2.75, 3.05) is 83.9 Å². The van der Waals surface area contributed by atoms with Crippen molar-refractivity contribution in [2.24, 2.45) is 0 Å². The second-order valence-electron chi connectivity index (χ2n) is 13.7. The Morgan fingerprint density at radius 1 is 1.06 bits per heavy atom. The molecule has 2 fully saturated rings. The van der Waals surface area contributed by atoms with Crippen LogP contribution in [0.5, 0.6) is 0 Å². The van der Waals surface area contributed by atoms with Crippen LogP contribution in [0.1, 0.15) is 55.8 Å². The van der Waals surface area contributed by atoms with Gasteiger partial charge in [0.1, 0.15) is 5.58 Å². The highest BCUT2D eigenvalue weighted by Crippen LogP contribution is 2.36. The number of rotatable bonds is 8. The molecule has 0 saturated carbocycles. The van der Waals surface area contributed by atoms with Gasteiger partial charge in [0.2, 0.25) is 0 Å². The van der Waals surface area contributed by atoms with E-state index in [1.807, 2.05) is 18.6 Å². The van der Waals surface area contributed by atoms with Crippen molar-refractivity contribution in [3.8, 4) is 0 Å². The SMILES string of the molecule is COC[C@H]1CN(c2cc(C)c3c4c(c(=O)oc3c2C)CN(C(=O)c2ccc(C(=O)NS(=O)(=O)N3CCCC3)c(N(C)C)c2F)CC4)CCN1C. The van der Waals surface area contributed by atoms with Crippen LogP contribution in [0.25, 0.3) is 11.0 Å². The number of anilines is 2. The normalized spacial score (nSPS) is 18.8. The van der Waals surface area contributed by atoms with Crippen molar-refractivity contribution in [3.63, 3.8) is 0 Å². The summed E-state index contributed by atoms with van der Waals surface area (Å²) in [6, 6.07) is 4.80. The molecular weight excluding hydrogens is 667 g/mol. The number of carbonyl (C=O) groups is 2. The number of carbonyl (C=O) groups excluding carboxylic acids is 2. The van der Waals surface area contributed by atoms with Gasteiger partial charge >= 0.3 is 15.8 Å². The van der Waals surface area contributed by atoms with E-state index in [0.717, 1.165) is 47.4 Å². The Morgan fingerprint density at radius 3 is 2.44 bits per heavy atom. The molecule has 2 amide bonds. The van der Waals surface area contributed by atoms with E-state index in [9.17, 15) is 22.8 Å². The van der Waals surface area contributed by atoms with Gasteiger partial charge in [-0.05, 0) is 69.5 Å². The number of nitrogens with one attached hydrogen (secondary N) is 1. The maximum Gasteiger partial charge on any atom is 0.341 e. The molecule has 2 saturated heterocycles. The Kier molecular flexibility index (Phi) is 9.96. The summed E-state index contributed by atoms with van der Waals surface area (Å²) < 4.78 is 56.2. The van der Waals surface area contributed by atoms with Gasteiger partial charge in [0.05, 0.1) is 41.6 Å². The van der Waals surface area contributed by atoms with Crippen LogP contribution in [0.4, 0.5) is 15.8 Å². The van der Waals surface area contributed by atoms with Gasteiger partial charge < -0.3 is 23.9 Å². The molecule has 3 aliphatic heterocycles. The number of ether oxygens (including phenoxy) is 1. The Morgan fingerprint density at radius 2 is 1.76 bits per heavy atom. The number of nitrogens with zero attached hydrogens (tertiary/aromatic N) is 5. The smallest absolute Gasteiger partial charge is 0.341 e. The van der Waals surface area contributed by atoms with E-state index < -0.39 is 33.5 Å². The van der Waals surface area contributed by atoms with Gasteiger partial charge in [0.15, 0.2) is 5.82 Å². The molecule has 4 heterocycles. The highest BCUT2D eigenvalue weighted by molar-refractivity contribution is 7.87. The molecule has 1 aromatic heterocycles. The van der Waals surface area contributed by atoms with Gasteiger partial charge in [0.25, 0.3) is 11.8 Å². The average molecular weight is 713 g/mol. The van der Waals surface area contributed by atoms with Crippen LogP contribution in [-0.2, 0) is 27.9 Å². The number of piperazine rings is 1. The van der Waals surface area contributed by atoms with Gasteiger partial charge in [-0.15, -0.1) is 0 Å². The Balaban J connectivity index is 1.28. The highest BCUT2D eigenvalue weighted by Gasteiger charge is 2.34. The van der Waals surface area contributed by atoms with E-state index in [2.05, 4.69) is 22.9 Å². The molecule has 1 atom stereocenters. The third kappa shape index (κ3) is 6.47. The number of benzene rings is 2. The first-order valence-electron chi connectivity index (χ1n) is 16.9. The topological polar surface area (TPSA) is 136 Å². The summed E-state index contributed by atoms with van der Waals surface area (Å²) >= 11 is 0. The van der Waals surface area contributed by atoms with Crippen LogP contribution in [-0.4, -0.2) is 115 Å². The van der Waals surface area contributed by atoms with E-state index in [1.165, 1.54) is 40.3 Å². The van der Waals surface area contributed by atoms with Crippen LogP contribution in [0.15, 0.2) is 27.4 Å². The van der Waals surface area contributed by atoms with Crippen molar-refractivity contribution in [3.05, 3.63) is 67.8 Å². The number of aryl methyl sites for hydroxylation is 2. The zero-order valence-electron chi connectivity index (χ0n) is 29.5. The van der Waals surface area contributed by atoms with Gasteiger partial charge in [-0.1, -0.05) is 0 Å². The van der Waals surface area contributed by atoms with Crippen LogP contribution in [0.3, 0.4) is 0 Å². The number of fused-ring (bicyclic) bond motifs is 3. The predicted molar refractivity (Wildman–Crippen MR) is 189 cm³/mol. The molecule has 2 aromatic carbocycles. The standard InChI is InChI=1S/C35H45FN6O7S/c1-21-17-28(40-16-15-39(5)23(18-40)20-48-6)22(2)32-29(21)24-11-14-41(19-27(24)35(45)49-32)34(44)25-9-10-26(31(30(25)36)38(3)4)33(43)37-50(46,47)42-12-7-8-13-42/h9-10,17,23H,7-8,11-16,18-20H2,1-6H3,(H,37,43)/t23-/m1/s1. The zero-order chi connectivity index (χ0) is 36.1. The molecule has 13 nitrogen and oxygen atoms in total. The van der Waals surface area contributed by atoms with Crippen LogP contribution >= 0.6 is 0 Å². The fourth-order valence-corrected chi connectivity index (χ4v) is 8.69. The predicted octanol–water partition coefficient (Wildman–Crippen LogP) is 2.65. The number of likely N-dealkylation sites (N-methyl/N-ethyl adjacent to an activating group) is 1. The lowest BCUT2D eigenvalue weighted by atomic mass is 9.92. The zero-order valence-corrected chi connectivity index (χ0v) is 30.3. The summed E-state index contributed by atoms with van der Waals surface area (Å²) in [4.78, 5) is 47.8. The highest BCUT2D eigenvalue weighted by atomic mass is 32.2. The summed E-state index contributed by atoms with van der Waals surface area (Å²) in [6.45, 7) is 7.79. The fourth-order valence-electron chi connectivity index (χ4n) is 7.48. The lowest BCUT2D eigenvalue weighted by Crippen LogP contribution is -2.53. The van der Waals surface area contributed by atoms with E-state index in [1.54, 1.807) is 7.11 Å². The number of methoxy groups -OCH3 is 1. The van der Waals surface area contributed by atoms with E-state index in [4.69, 9.17) is 9.15 Å². The minimum Gasteiger partial charge on any atom is -0.422 e. The first-order valence-corrected chi connectivity index (χ1v) is 18.3. The Labute approximate surface area is 291 Å². The maximum atomic E-state index is 16.1. The quantitative estimate of drug-likeness (QED) is 0.348. The molecule has 0 aliphatic carbocycles. The molecule has 3 aliphatic rings. The molecular formula is C35H45FN6O7S. The average Bonchev–Trinajstić information content (AvgIpc) is 3.63. The first kappa shape index (κ1) is 35.8. The number of hydrogen-bond acceptors (Lipinski definition) is 10. The van der Waals surface area contributed by atoms with Crippen molar-refractivity contribution >= 4 is 44.4 Å². The molecule has 1 N–H and O–H groups in total. The first-order chi connectivity index (χ1) is 23.7. The molecule has 3 aromatic rings. The van der Waals surface area contributed by atoms with Gasteiger partial charge in [0, 0.05) is 77.1 Å². The minimum atomic E-state index is -4.10. The molecule has 15 heteroatoms. The molecule has 50 heavy (non-hydrogen) atoms. The second kappa shape index (κ2) is 13.9. The summed E-state index contributed by atoms with van der Waals surface area (Å²) in [5.74, 6) is -2.61. The van der Waals surface area contributed by atoms with Crippen molar-refractivity contribution in [1.29, 1.82) is 0 Å². The summed E-state index contributed by atoms with van der Waals surface area (Å²) in [5, 5.41) is 0.857. The third-order valence-corrected chi connectivity index (χ3v) is 11.7. The van der Waals surface area contributed by atoms with Crippen molar-refractivity contribution in [1.82, 2.24) is 18.8 Å². The molecule has 0 unspecified atom stereocenters. The third-order valence-electron chi connectivity index (χ3n) is 10.2. The number of hydrogen-bond donors (Lipinski definition) is 1. The number of amides is 2. The van der Waals surface area contributed by atoms with E-state index >= 15 is 4.39 Å². The minimum absolute atomic E-state index is 0.0725. The van der Waals surface area contributed by atoms with Gasteiger partial charge in [-0.2, -0.15) is 12.7 Å². The van der Waals surface area contributed by atoms with Gasteiger partial charge in [-0.25, -0.2) is 13.9 Å². The molecule has 0 spiro atoms. The molecule has 6 rings (SSSR count). The summed E-state index contributed by atoms with van der Waals surface area (Å²) in [7, 11) is 2.69. The molecule has 270 valence electrons. The maximum absolute atomic E-state index is 16.1. The van der Waals surface area contributed by atoms with Crippen molar-refractivity contribution < 1.29 is 31.6 Å². The van der Waals surface area contributed by atoms with Gasteiger partial charge in [-0.3, -0.25) is 14.5 Å². The monoisotopic (exact) mass is 712 g/mol. The van der Waals surface area contributed by atoms with Crippen LogP contribution < -0.4 is 20.1 Å². The largest absolute Gasteiger partial charge is 0.422 e. The fraction of sp³-hybridized carbons (Fsp3) is 0.514. The number of halogens is 1. The second-order valence-corrected chi connectivity index (χ2v) is 15.3. The van der Waals surface area contributed by atoms with Crippen LogP contribution in [0, 0.1) is 19.7 Å². The Hall–Kier alpha value is -4.05. The van der Waals surface area contributed by atoms with Crippen molar-refractivity contribution in [2.45, 2.75) is 45.7 Å². The lowest BCUT2D eigenvalue weighted by Gasteiger charge is -2.41. The van der Waals surface area contributed by atoms with Crippen LogP contribution in [0.2, 0.25) is 0 Å². The Bertz CT molecular complexity index is 2010. The lowest BCUT2D eigenvalue weighted by molar-refractivity contribution is 0.0727. The summed E-state index contributed by atoms with van der Waals surface area (Å²) in [6.07, 6.45) is 1.75. The molecule has 0 radical (unpaired) electrons. The van der Waals surface area contributed by atoms with E-state index in [-0.39, 0.29) is 35.9 Å². The molecule has 0 bridgehead atoms. The summed E-state index contributed by atoms with van der Waals surface area (Å²) in [5.41, 5.74) is 3.28. The van der Waals surface area contributed by atoms with E-state index in [0.29, 0.717) is 50.1 Å².